The predicted molar refractivity (Wildman–Crippen MR) is 67.2 cm³/mol. The van der Waals surface area contributed by atoms with Crippen LogP contribution in [0.15, 0.2) is 35.4 Å². The third-order valence-electron chi connectivity index (χ3n) is 2.23. The van der Waals surface area contributed by atoms with E-state index in [1.54, 1.807) is 0 Å². The van der Waals surface area contributed by atoms with Crippen LogP contribution in [0.25, 0.3) is 10.9 Å². The van der Waals surface area contributed by atoms with Crippen molar-refractivity contribution in [3.8, 4) is 12.3 Å². The quantitative estimate of drug-likeness (QED) is 0.648. The van der Waals surface area contributed by atoms with Gasteiger partial charge >= 0.3 is 0 Å². The molecule has 0 aliphatic rings. The zero-order valence-electron chi connectivity index (χ0n) is 8.68. The topological polar surface area (TPSA) is 33.1 Å². The van der Waals surface area contributed by atoms with Crippen molar-refractivity contribution < 1.29 is 5.11 Å². The van der Waals surface area contributed by atoms with Gasteiger partial charge in [0.2, 0.25) is 0 Å². The van der Waals surface area contributed by atoms with Crippen molar-refractivity contribution in [3.63, 3.8) is 0 Å². The summed E-state index contributed by atoms with van der Waals surface area (Å²) in [6, 6.07) is 9.80. The lowest BCUT2D eigenvalue weighted by Crippen LogP contribution is -1.93. The van der Waals surface area contributed by atoms with E-state index in [9.17, 15) is 5.11 Å². The van der Waals surface area contributed by atoms with Gasteiger partial charge in [-0.2, -0.15) is 0 Å². The summed E-state index contributed by atoms with van der Waals surface area (Å²) >= 11 is 1.48. The van der Waals surface area contributed by atoms with Crippen LogP contribution >= 0.6 is 11.8 Å². The van der Waals surface area contributed by atoms with E-state index < -0.39 is 0 Å². The number of hydrogen-bond donors (Lipinski definition) is 1. The van der Waals surface area contributed by atoms with E-state index in [4.69, 9.17) is 6.42 Å². The molecule has 0 atom stereocenters. The highest BCUT2D eigenvalue weighted by Gasteiger charge is 2.05. The SMILES string of the molecule is C#CCSc1nc2ccccc2cc1CO. The number of nitrogens with zero attached hydrogens (tertiary/aromatic N) is 1. The monoisotopic (exact) mass is 229 g/mol. The molecule has 3 heteroatoms. The second kappa shape index (κ2) is 5.02. The van der Waals surface area contributed by atoms with Gasteiger partial charge in [0.15, 0.2) is 0 Å². The third-order valence-corrected chi connectivity index (χ3v) is 3.16. The van der Waals surface area contributed by atoms with Crippen LogP contribution in [0.5, 0.6) is 0 Å². The number of aliphatic hydroxyl groups excluding tert-OH is 1. The van der Waals surface area contributed by atoms with Gasteiger partial charge in [-0.15, -0.1) is 6.42 Å². The van der Waals surface area contributed by atoms with Crippen molar-refractivity contribution in [1.29, 1.82) is 0 Å². The van der Waals surface area contributed by atoms with Crippen LogP contribution in [0.4, 0.5) is 0 Å². The van der Waals surface area contributed by atoms with E-state index >= 15 is 0 Å². The Morgan fingerprint density at radius 3 is 2.94 bits per heavy atom. The van der Waals surface area contributed by atoms with Crippen molar-refractivity contribution in [2.75, 3.05) is 5.75 Å². The van der Waals surface area contributed by atoms with Crippen LogP contribution in [0, 0.1) is 12.3 Å². The number of rotatable bonds is 3. The summed E-state index contributed by atoms with van der Waals surface area (Å²) in [5, 5.41) is 11.1. The summed E-state index contributed by atoms with van der Waals surface area (Å²) < 4.78 is 0. The molecular formula is C13H11NOS. The molecule has 0 saturated heterocycles. The first kappa shape index (κ1) is 11.0. The molecule has 2 rings (SSSR count). The van der Waals surface area contributed by atoms with Crippen molar-refractivity contribution in [3.05, 3.63) is 35.9 Å². The summed E-state index contributed by atoms with van der Waals surface area (Å²) in [4.78, 5) is 4.49. The first-order valence-corrected chi connectivity index (χ1v) is 5.89. The fourth-order valence-corrected chi connectivity index (χ4v) is 2.18. The van der Waals surface area contributed by atoms with Crippen LogP contribution in [-0.4, -0.2) is 15.8 Å². The minimum atomic E-state index is -0.00919. The molecule has 1 N–H and O–H groups in total. The Labute approximate surface area is 98.7 Å². The fraction of sp³-hybridized carbons (Fsp3) is 0.154. The molecule has 1 aromatic carbocycles. The maximum atomic E-state index is 9.27. The number of benzene rings is 1. The molecule has 0 amide bonds. The van der Waals surface area contributed by atoms with Gasteiger partial charge in [0, 0.05) is 10.9 Å². The molecule has 0 saturated carbocycles. The van der Waals surface area contributed by atoms with Crippen LogP contribution in [0.1, 0.15) is 5.56 Å². The van der Waals surface area contributed by atoms with Gasteiger partial charge < -0.3 is 5.11 Å². The zero-order chi connectivity index (χ0) is 11.4. The summed E-state index contributed by atoms with van der Waals surface area (Å²) in [6.07, 6.45) is 5.22. The lowest BCUT2D eigenvalue weighted by atomic mass is 10.2. The molecule has 0 aliphatic carbocycles. The number of aromatic nitrogens is 1. The largest absolute Gasteiger partial charge is 0.392 e. The predicted octanol–water partition coefficient (Wildman–Crippen LogP) is 2.45. The lowest BCUT2D eigenvalue weighted by molar-refractivity contribution is 0.278. The fourth-order valence-electron chi connectivity index (χ4n) is 1.49. The maximum absolute atomic E-state index is 9.27. The number of fused-ring (bicyclic) bond motifs is 1. The van der Waals surface area contributed by atoms with Crippen LogP contribution in [0.3, 0.4) is 0 Å². The van der Waals surface area contributed by atoms with Crippen LogP contribution in [0.2, 0.25) is 0 Å². The molecule has 0 bridgehead atoms. The Morgan fingerprint density at radius 1 is 1.38 bits per heavy atom. The standard InChI is InChI=1S/C13H11NOS/c1-2-7-16-13-11(9-15)8-10-5-3-4-6-12(10)14-13/h1,3-6,8,15H,7,9H2. The summed E-state index contributed by atoms with van der Waals surface area (Å²) in [5.41, 5.74) is 1.76. The van der Waals surface area contributed by atoms with Gasteiger partial charge in [0.05, 0.1) is 17.9 Å². The average molecular weight is 229 g/mol. The van der Waals surface area contributed by atoms with Crippen LogP contribution < -0.4 is 0 Å². The molecule has 2 nitrogen and oxygen atoms in total. The molecule has 0 spiro atoms. The molecule has 80 valence electrons. The van der Waals surface area contributed by atoms with E-state index in [1.165, 1.54) is 11.8 Å². The number of para-hydroxylation sites is 1. The van der Waals surface area contributed by atoms with Crippen molar-refractivity contribution in [2.45, 2.75) is 11.6 Å². The van der Waals surface area contributed by atoms with Gasteiger partial charge in [0.25, 0.3) is 0 Å². The van der Waals surface area contributed by atoms with Gasteiger partial charge in [-0.3, -0.25) is 0 Å². The van der Waals surface area contributed by atoms with Gasteiger partial charge in [-0.05, 0) is 12.1 Å². The summed E-state index contributed by atoms with van der Waals surface area (Å²) in [7, 11) is 0. The second-order valence-corrected chi connectivity index (χ2v) is 4.26. The molecule has 1 heterocycles. The number of thioether (sulfide) groups is 1. The highest BCUT2D eigenvalue weighted by Crippen LogP contribution is 2.24. The number of terminal acetylenes is 1. The zero-order valence-corrected chi connectivity index (χ0v) is 9.50. The van der Waals surface area contributed by atoms with Gasteiger partial charge in [-0.1, -0.05) is 35.9 Å². The van der Waals surface area contributed by atoms with E-state index in [1.807, 2.05) is 30.3 Å². The molecule has 1 aromatic heterocycles. The third kappa shape index (κ3) is 2.19. The first-order valence-electron chi connectivity index (χ1n) is 4.91. The Morgan fingerprint density at radius 2 is 2.19 bits per heavy atom. The Kier molecular flexibility index (Phi) is 3.45. The molecule has 0 unspecified atom stereocenters. The number of hydrogen-bond acceptors (Lipinski definition) is 3. The molecule has 0 fully saturated rings. The Hall–Kier alpha value is -1.50. The van der Waals surface area contributed by atoms with E-state index in [0.29, 0.717) is 5.75 Å². The molecule has 16 heavy (non-hydrogen) atoms. The molecule has 0 aliphatic heterocycles. The first-order chi connectivity index (χ1) is 7.85. The molecular weight excluding hydrogens is 218 g/mol. The average Bonchev–Trinajstić information content (AvgIpc) is 2.35. The highest BCUT2D eigenvalue weighted by molar-refractivity contribution is 7.99. The van der Waals surface area contributed by atoms with Crippen molar-refractivity contribution in [2.24, 2.45) is 0 Å². The number of aliphatic hydroxyl groups is 1. The smallest absolute Gasteiger partial charge is 0.103 e. The maximum Gasteiger partial charge on any atom is 0.103 e. The number of pyridine rings is 1. The highest BCUT2D eigenvalue weighted by atomic mass is 32.2. The van der Waals surface area contributed by atoms with Gasteiger partial charge in [0.1, 0.15) is 5.03 Å². The van der Waals surface area contributed by atoms with E-state index in [2.05, 4.69) is 10.9 Å². The van der Waals surface area contributed by atoms with Crippen LogP contribution in [-0.2, 0) is 6.61 Å². The minimum absolute atomic E-state index is 0.00919. The molecule has 2 aromatic rings. The molecule has 0 radical (unpaired) electrons. The van der Waals surface area contributed by atoms with E-state index in [-0.39, 0.29) is 6.61 Å². The van der Waals surface area contributed by atoms with Gasteiger partial charge in [-0.25, -0.2) is 4.98 Å². The lowest BCUT2D eigenvalue weighted by Gasteiger charge is -2.06. The van der Waals surface area contributed by atoms with E-state index in [0.717, 1.165) is 21.5 Å². The Balaban J connectivity index is 2.50. The van der Waals surface area contributed by atoms with Crippen molar-refractivity contribution >= 4 is 22.7 Å². The summed E-state index contributed by atoms with van der Waals surface area (Å²) in [6.45, 7) is -0.00919. The summed E-state index contributed by atoms with van der Waals surface area (Å²) in [5.74, 6) is 3.12. The Bertz CT molecular complexity index is 545. The minimum Gasteiger partial charge on any atom is -0.392 e. The van der Waals surface area contributed by atoms with Crippen molar-refractivity contribution in [1.82, 2.24) is 4.98 Å². The second-order valence-electron chi connectivity index (χ2n) is 3.30. The normalized spacial score (nSPS) is 10.2.